The van der Waals surface area contributed by atoms with Crippen LogP contribution in [0.5, 0.6) is 0 Å². The zero-order valence-electron chi connectivity index (χ0n) is 5.36. The van der Waals surface area contributed by atoms with E-state index in [9.17, 15) is 0 Å². The van der Waals surface area contributed by atoms with Crippen molar-refractivity contribution in [2.24, 2.45) is 10.1 Å². The summed E-state index contributed by atoms with van der Waals surface area (Å²) < 4.78 is 4.82. The van der Waals surface area contributed by atoms with E-state index in [1.165, 1.54) is 6.40 Å². The van der Waals surface area contributed by atoms with E-state index in [1.54, 1.807) is 6.61 Å². The molecule has 2 aliphatic rings. The third-order valence-corrected chi connectivity index (χ3v) is 1.46. The molecule has 4 nitrogen and oxygen atoms in total. The molecule has 10 heavy (non-hydrogen) atoms. The van der Waals surface area contributed by atoms with Crippen molar-refractivity contribution in [1.29, 1.82) is 0 Å². The Kier molecular flexibility index (Phi) is 1.30. The van der Waals surface area contributed by atoms with Crippen LogP contribution in [0.25, 0.3) is 0 Å². The summed E-state index contributed by atoms with van der Waals surface area (Å²) in [7, 11) is 0. The second kappa shape index (κ2) is 2.28. The van der Waals surface area contributed by atoms with E-state index in [-0.39, 0.29) is 6.04 Å². The molecule has 0 aromatic carbocycles. The molecule has 0 spiro atoms. The summed E-state index contributed by atoms with van der Waals surface area (Å²) in [6.45, 7) is 2.32. The topological polar surface area (TPSA) is 43.2 Å². The lowest BCUT2D eigenvalue weighted by Gasteiger charge is -1.98. The van der Waals surface area contributed by atoms with E-state index in [1.807, 2.05) is 0 Å². The van der Waals surface area contributed by atoms with Gasteiger partial charge in [0.25, 0.3) is 0 Å². The predicted octanol–water partition coefficient (Wildman–Crippen LogP) is 0.352. The van der Waals surface area contributed by atoms with Crippen molar-refractivity contribution in [1.82, 2.24) is 0 Å². The largest absolute Gasteiger partial charge is 0.474 e. The number of ether oxygens (including phenoxy) is 1. The van der Waals surface area contributed by atoms with E-state index in [2.05, 4.69) is 10.1 Å². The highest BCUT2D eigenvalue weighted by Gasteiger charge is 2.22. The maximum Gasteiger partial charge on any atom is 0.170 e. The van der Waals surface area contributed by atoms with Crippen molar-refractivity contribution in [3.63, 3.8) is 0 Å². The molecule has 1 unspecified atom stereocenters. The lowest BCUT2D eigenvalue weighted by Crippen LogP contribution is -2.14. The number of hydrogen-bond donors (Lipinski definition) is 0. The maximum atomic E-state index is 4.82. The van der Waals surface area contributed by atoms with Gasteiger partial charge in [0.2, 0.25) is 0 Å². The second-order valence-corrected chi connectivity index (χ2v) is 2.14. The molecule has 2 rings (SSSR count). The molecule has 2 aliphatic heterocycles. The highest BCUT2D eigenvalue weighted by atomic mass is 16.6. The van der Waals surface area contributed by atoms with Gasteiger partial charge in [-0.15, -0.1) is 0 Å². The average molecular weight is 139 g/mol. The number of nitrogens with zero attached hydrogens (tertiary/aromatic N) is 2. The molecule has 1 radical (unpaired) electrons. The SMILES string of the molecule is [CH]1OC=NC1C1=NOCC1. The van der Waals surface area contributed by atoms with Crippen molar-refractivity contribution in [2.45, 2.75) is 12.5 Å². The van der Waals surface area contributed by atoms with Crippen LogP contribution in [0.1, 0.15) is 6.42 Å². The van der Waals surface area contributed by atoms with E-state index < -0.39 is 0 Å². The Bertz CT molecular complexity index is 188. The number of oxime groups is 1. The molecule has 0 saturated carbocycles. The Morgan fingerprint density at radius 1 is 1.60 bits per heavy atom. The monoisotopic (exact) mass is 139 g/mol. The first-order valence-corrected chi connectivity index (χ1v) is 3.16. The van der Waals surface area contributed by atoms with Gasteiger partial charge >= 0.3 is 0 Å². The molecule has 0 bridgehead atoms. The van der Waals surface area contributed by atoms with E-state index in [4.69, 9.17) is 9.57 Å². The number of aliphatic imine (C=N–C) groups is 1. The van der Waals surface area contributed by atoms with Crippen LogP contribution in [0.2, 0.25) is 0 Å². The normalized spacial score (nSPS) is 29.6. The van der Waals surface area contributed by atoms with Crippen LogP contribution in [-0.4, -0.2) is 24.8 Å². The average Bonchev–Trinajstić information content (AvgIpc) is 2.59. The Hall–Kier alpha value is -1.06. The Balaban J connectivity index is 2.04. The fourth-order valence-electron chi connectivity index (χ4n) is 0.936. The predicted molar refractivity (Wildman–Crippen MR) is 35.7 cm³/mol. The highest BCUT2D eigenvalue weighted by Crippen LogP contribution is 2.12. The van der Waals surface area contributed by atoms with Gasteiger partial charge in [0.15, 0.2) is 13.0 Å². The first-order chi connectivity index (χ1) is 4.97. The first-order valence-electron chi connectivity index (χ1n) is 3.16. The highest BCUT2D eigenvalue weighted by molar-refractivity contribution is 5.92. The Morgan fingerprint density at radius 2 is 2.60 bits per heavy atom. The van der Waals surface area contributed by atoms with Crippen LogP contribution in [0.15, 0.2) is 10.1 Å². The quantitative estimate of drug-likeness (QED) is 0.526. The van der Waals surface area contributed by atoms with Gasteiger partial charge in [0.1, 0.15) is 12.6 Å². The fraction of sp³-hybridized carbons (Fsp3) is 0.500. The number of rotatable bonds is 1. The summed E-state index contributed by atoms with van der Waals surface area (Å²) >= 11 is 0. The Morgan fingerprint density at radius 3 is 3.20 bits per heavy atom. The van der Waals surface area contributed by atoms with Crippen molar-refractivity contribution < 1.29 is 9.57 Å². The zero-order valence-corrected chi connectivity index (χ0v) is 5.36. The minimum atomic E-state index is 0.00231. The molecule has 0 amide bonds. The molecule has 0 saturated heterocycles. The molecule has 0 fully saturated rings. The van der Waals surface area contributed by atoms with Gasteiger partial charge in [-0.3, -0.25) is 0 Å². The van der Waals surface area contributed by atoms with Crippen LogP contribution in [0.4, 0.5) is 0 Å². The van der Waals surface area contributed by atoms with E-state index in [0.717, 1.165) is 12.1 Å². The lowest BCUT2D eigenvalue weighted by atomic mass is 10.1. The molecule has 0 N–H and O–H groups in total. The molecule has 0 aliphatic carbocycles. The van der Waals surface area contributed by atoms with Crippen LogP contribution >= 0.6 is 0 Å². The van der Waals surface area contributed by atoms with Gasteiger partial charge in [-0.25, -0.2) is 4.99 Å². The van der Waals surface area contributed by atoms with Crippen molar-refractivity contribution >= 4 is 12.1 Å². The zero-order chi connectivity index (χ0) is 6.81. The van der Waals surface area contributed by atoms with Crippen LogP contribution < -0.4 is 0 Å². The molecule has 1 atom stereocenters. The smallest absolute Gasteiger partial charge is 0.170 e. The van der Waals surface area contributed by atoms with Gasteiger partial charge in [-0.1, -0.05) is 5.16 Å². The van der Waals surface area contributed by atoms with Gasteiger partial charge in [0, 0.05) is 6.42 Å². The van der Waals surface area contributed by atoms with Gasteiger partial charge in [-0.2, -0.15) is 0 Å². The summed E-state index contributed by atoms with van der Waals surface area (Å²) in [4.78, 5) is 8.81. The van der Waals surface area contributed by atoms with Gasteiger partial charge in [-0.05, 0) is 0 Å². The molecular formula is C6H7N2O2. The molecular weight excluding hydrogens is 132 g/mol. The minimum absolute atomic E-state index is 0.00231. The number of hydrogen-bond acceptors (Lipinski definition) is 4. The molecule has 53 valence electrons. The third-order valence-electron chi connectivity index (χ3n) is 1.46. The van der Waals surface area contributed by atoms with Crippen LogP contribution in [0, 0.1) is 6.61 Å². The third kappa shape index (κ3) is 0.853. The lowest BCUT2D eigenvalue weighted by molar-refractivity contribution is 0.173. The summed E-state index contributed by atoms with van der Waals surface area (Å²) in [5.74, 6) is 0. The molecule has 4 heteroatoms. The molecule has 2 heterocycles. The second-order valence-electron chi connectivity index (χ2n) is 2.14. The van der Waals surface area contributed by atoms with E-state index in [0.29, 0.717) is 6.61 Å². The fourth-order valence-corrected chi connectivity index (χ4v) is 0.936. The van der Waals surface area contributed by atoms with Crippen LogP contribution in [0.3, 0.4) is 0 Å². The van der Waals surface area contributed by atoms with Gasteiger partial charge in [0.05, 0.1) is 5.71 Å². The summed E-state index contributed by atoms with van der Waals surface area (Å²) in [6.07, 6.45) is 2.29. The summed E-state index contributed by atoms with van der Waals surface area (Å²) in [6, 6.07) is 0.00231. The molecule has 0 aromatic heterocycles. The first kappa shape index (κ1) is 5.70. The van der Waals surface area contributed by atoms with Gasteiger partial charge < -0.3 is 9.57 Å². The standard InChI is InChI=1S/C6H7N2O2/c1-2-10-8-5(1)6-3-9-4-7-6/h3-4,6H,1-2H2. The molecule has 0 aromatic rings. The maximum absolute atomic E-state index is 4.82. The Labute approximate surface area is 58.5 Å². The van der Waals surface area contributed by atoms with E-state index >= 15 is 0 Å². The van der Waals surface area contributed by atoms with Crippen molar-refractivity contribution in [2.75, 3.05) is 6.61 Å². The summed E-state index contributed by atoms with van der Waals surface area (Å²) in [5.41, 5.74) is 0.953. The summed E-state index contributed by atoms with van der Waals surface area (Å²) in [5, 5.41) is 3.81. The van der Waals surface area contributed by atoms with Crippen molar-refractivity contribution in [3.05, 3.63) is 6.61 Å². The van der Waals surface area contributed by atoms with Crippen molar-refractivity contribution in [3.8, 4) is 0 Å². The van der Waals surface area contributed by atoms with Crippen LogP contribution in [-0.2, 0) is 9.57 Å². The minimum Gasteiger partial charge on any atom is -0.474 e.